The van der Waals surface area contributed by atoms with Crippen molar-refractivity contribution in [2.75, 3.05) is 12.4 Å². The molecule has 3 rings (SSSR count). The molecule has 0 fully saturated rings. The maximum absolute atomic E-state index is 12.2. The van der Waals surface area contributed by atoms with Gasteiger partial charge in [0.1, 0.15) is 11.4 Å². The Kier molecular flexibility index (Phi) is 3.53. The molecule has 2 N–H and O–H groups in total. The van der Waals surface area contributed by atoms with Crippen molar-refractivity contribution in [1.29, 1.82) is 0 Å². The minimum absolute atomic E-state index is 0.0826. The van der Waals surface area contributed by atoms with E-state index in [1.165, 1.54) is 19.2 Å². The number of rotatable bonds is 3. The molecule has 0 aliphatic heterocycles. The molecule has 2 heterocycles. The average Bonchev–Trinajstić information content (AvgIpc) is 3.02. The molecule has 7 heteroatoms. The Labute approximate surface area is 125 Å². The first-order chi connectivity index (χ1) is 10.7. The highest BCUT2D eigenvalue weighted by Gasteiger charge is 2.13. The smallest absolute Gasteiger partial charge is 0.356 e. The summed E-state index contributed by atoms with van der Waals surface area (Å²) in [6, 6.07) is 9.96. The zero-order chi connectivity index (χ0) is 15.5. The molecule has 0 unspecified atom stereocenters. The fourth-order valence-electron chi connectivity index (χ4n) is 1.99. The summed E-state index contributed by atoms with van der Waals surface area (Å²) in [7, 11) is 1.26. The highest BCUT2D eigenvalue weighted by Crippen LogP contribution is 2.17. The predicted octanol–water partition coefficient (Wildman–Crippen LogP) is 2.00. The minimum atomic E-state index is -0.589. The molecule has 110 valence electrons. The van der Waals surface area contributed by atoms with Crippen molar-refractivity contribution in [2.45, 2.75) is 0 Å². The van der Waals surface area contributed by atoms with Crippen molar-refractivity contribution >= 4 is 28.5 Å². The van der Waals surface area contributed by atoms with Gasteiger partial charge in [-0.05, 0) is 30.3 Å². The van der Waals surface area contributed by atoms with E-state index >= 15 is 0 Å². The van der Waals surface area contributed by atoms with Crippen molar-refractivity contribution in [1.82, 2.24) is 15.2 Å². The summed E-state index contributed by atoms with van der Waals surface area (Å²) >= 11 is 0. The molecule has 0 saturated heterocycles. The Morgan fingerprint density at radius 3 is 2.82 bits per heavy atom. The Morgan fingerprint density at radius 2 is 2.00 bits per heavy atom. The van der Waals surface area contributed by atoms with E-state index in [0.717, 1.165) is 10.9 Å². The average molecular weight is 296 g/mol. The van der Waals surface area contributed by atoms with Gasteiger partial charge in [-0.3, -0.25) is 9.89 Å². The maximum atomic E-state index is 12.2. The Bertz CT molecular complexity index is 857. The summed E-state index contributed by atoms with van der Waals surface area (Å²) in [5.74, 6) is -1.00. The maximum Gasteiger partial charge on any atom is 0.356 e. The number of aromatic amines is 1. The normalized spacial score (nSPS) is 10.4. The molecular weight excluding hydrogens is 284 g/mol. The lowest BCUT2D eigenvalue weighted by Crippen LogP contribution is -2.15. The van der Waals surface area contributed by atoms with Crippen LogP contribution in [0.1, 0.15) is 21.0 Å². The van der Waals surface area contributed by atoms with Crippen LogP contribution in [0, 0.1) is 0 Å². The second kappa shape index (κ2) is 5.65. The molecule has 1 aromatic carbocycles. The van der Waals surface area contributed by atoms with Crippen LogP contribution in [0.2, 0.25) is 0 Å². The molecule has 3 aromatic rings. The summed E-state index contributed by atoms with van der Waals surface area (Å²) in [6.07, 6.45) is 1.70. The SMILES string of the molecule is COC(=O)c1cccc(C(=O)Nc2ccc3cn[nH]c3c2)n1. The van der Waals surface area contributed by atoms with Gasteiger partial charge in [0.25, 0.3) is 5.91 Å². The molecule has 0 bridgehead atoms. The number of nitrogens with zero attached hydrogens (tertiary/aromatic N) is 2. The summed E-state index contributed by atoms with van der Waals surface area (Å²) in [5, 5.41) is 10.4. The van der Waals surface area contributed by atoms with Gasteiger partial charge >= 0.3 is 5.97 Å². The number of esters is 1. The van der Waals surface area contributed by atoms with Crippen molar-refractivity contribution in [2.24, 2.45) is 0 Å². The number of ether oxygens (including phenoxy) is 1. The van der Waals surface area contributed by atoms with Crippen molar-refractivity contribution in [3.8, 4) is 0 Å². The van der Waals surface area contributed by atoms with Gasteiger partial charge in [-0.1, -0.05) is 6.07 Å². The van der Waals surface area contributed by atoms with Gasteiger partial charge in [0.2, 0.25) is 0 Å². The van der Waals surface area contributed by atoms with Gasteiger partial charge in [-0.15, -0.1) is 0 Å². The van der Waals surface area contributed by atoms with E-state index in [0.29, 0.717) is 5.69 Å². The molecule has 22 heavy (non-hydrogen) atoms. The lowest BCUT2D eigenvalue weighted by molar-refractivity contribution is 0.0594. The van der Waals surface area contributed by atoms with Crippen LogP contribution in [0.3, 0.4) is 0 Å². The van der Waals surface area contributed by atoms with Gasteiger partial charge in [0.05, 0.1) is 18.8 Å². The van der Waals surface area contributed by atoms with Crippen LogP contribution in [0.15, 0.2) is 42.6 Å². The van der Waals surface area contributed by atoms with Crippen LogP contribution in [-0.4, -0.2) is 34.2 Å². The molecule has 7 nitrogen and oxygen atoms in total. The second-order valence-corrected chi connectivity index (χ2v) is 4.53. The molecule has 0 aliphatic rings. The lowest BCUT2D eigenvalue weighted by Gasteiger charge is -2.06. The molecule has 0 saturated carbocycles. The molecule has 0 radical (unpaired) electrons. The zero-order valence-electron chi connectivity index (χ0n) is 11.7. The second-order valence-electron chi connectivity index (χ2n) is 4.53. The molecule has 2 aromatic heterocycles. The van der Waals surface area contributed by atoms with E-state index in [-0.39, 0.29) is 11.4 Å². The molecule has 0 atom stereocenters. The number of H-pyrrole nitrogens is 1. The number of hydrogen-bond acceptors (Lipinski definition) is 5. The number of hydrogen-bond donors (Lipinski definition) is 2. The number of carbonyl (C=O) groups excluding carboxylic acids is 2. The van der Waals surface area contributed by atoms with Gasteiger partial charge in [-0.25, -0.2) is 9.78 Å². The number of anilines is 1. The largest absolute Gasteiger partial charge is 0.464 e. The molecule has 0 spiro atoms. The summed E-state index contributed by atoms with van der Waals surface area (Å²) in [5.41, 5.74) is 1.63. The summed E-state index contributed by atoms with van der Waals surface area (Å²) < 4.78 is 4.58. The van der Waals surface area contributed by atoms with Crippen LogP contribution in [0.5, 0.6) is 0 Å². The summed E-state index contributed by atoms with van der Waals surface area (Å²) in [6.45, 7) is 0. The van der Waals surface area contributed by atoms with Crippen LogP contribution in [0.25, 0.3) is 10.9 Å². The van der Waals surface area contributed by atoms with Gasteiger partial charge in [0, 0.05) is 11.1 Å². The van der Waals surface area contributed by atoms with E-state index in [9.17, 15) is 9.59 Å². The number of nitrogens with one attached hydrogen (secondary N) is 2. The fourth-order valence-corrected chi connectivity index (χ4v) is 1.99. The topological polar surface area (TPSA) is 97.0 Å². The van der Waals surface area contributed by atoms with Gasteiger partial charge in [-0.2, -0.15) is 5.10 Å². The Balaban J connectivity index is 1.83. The first-order valence-electron chi connectivity index (χ1n) is 6.47. The molecular formula is C15H12N4O3. The third-order valence-electron chi connectivity index (χ3n) is 3.08. The van der Waals surface area contributed by atoms with E-state index in [2.05, 4.69) is 25.2 Å². The zero-order valence-corrected chi connectivity index (χ0v) is 11.7. The van der Waals surface area contributed by atoms with Gasteiger partial charge in [0.15, 0.2) is 0 Å². The third kappa shape index (κ3) is 2.64. The van der Waals surface area contributed by atoms with Crippen molar-refractivity contribution < 1.29 is 14.3 Å². The summed E-state index contributed by atoms with van der Waals surface area (Å²) in [4.78, 5) is 27.6. The number of benzene rings is 1. The monoisotopic (exact) mass is 296 g/mol. The van der Waals surface area contributed by atoms with E-state index in [1.807, 2.05) is 6.07 Å². The van der Waals surface area contributed by atoms with Crippen molar-refractivity contribution in [3.63, 3.8) is 0 Å². The van der Waals surface area contributed by atoms with Crippen LogP contribution >= 0.6 is 0 Å². The molecule has 0 aliphatic carbocycles. The van der Waals surface area contributed by atoms with Crippen LogP contribution < -0.4 is 5.32 Å². The standard InChI is InChI=1S/C15H12N4O3/c1-22-15(21)12-4-2-3-11(18-12)14(20)17-10-6-5-9-8-16-19-13(9)7-10/h2-8H,1H3,(H,16,19)(H,17,20). The Morgan fingerprint density at radius 1 is 1.18 bits per heavy atom. The first kappa shape index (κ1) is 13.7. The highest BCUT2D eigenvalue weighted by atomic mass is 16.5. The third-order valence-corrected chi connectivity index (χ3v) is 3.08. The number of carbonyl (C=O) groups is 2. The van der Waals surface area contributed by atoms with Crippen LogP contribution in [0.4, 0.5) is 5.69 Å². The predicted molar refractivity (Wildman–Crippen MR) is 79.6 cm³/mol. The van der Waals surface area contributed by atoms with E-state index in [1.54, 1.807) is 24.4 Å². The number of pyridine rings is 1. The highest BCUT2D eigenvalue weighted by molar-refractivity contribution is 6.04. The number of amides is 1. The van der Waals surface area contributed by atoms with E-state index < -0.39 is 11.9 Å². The number of methoxy groups -OCH3 is 1. The lowest BCUT2D eigenvalue weighted by atomic mass is 10.2. The van der Waals surface area contributed by atoms with Crippen LogP contribution in [-0.2, 0) is 4.74 Å². The van der Waals surface area contributed by atoms with Gasteiger partial charge < -0.3 is 10.1 Å². The first-order valence-corrected chi connectivity index (χ1v) is 6.47. The van der Waals surface area contributed by atoms with Crippen molar-refractivity contribution in [3.05, 3.63) is 54.0 Å². The van der Waals surface area contributed by atoms with E-state index in [4.69, 9.17) is 0 Å². The minimum Gasteiger partial charge on any atom is -0.464 e. The Hall–Kier alpha value is -3.22. The fraction of sp³-hybridized carbons (Fsp3) is 0.0667. The molecule has 1 amide bonds. The quantitative estimate of drug-likeness (QED) is 0.720. The number of aromatic nitrogens is 3. The number of fused-ring (bicyclic) bond motifs is 1.